The lowest BCUT2D eigenvalue weighted by Crippen LogP contribution is -2.19. The van der Waals surface area contributed by atoms with Gasteiger partial charge in [0.25, 0.3) is 0 Å². The summed E-state index contributed by atoms with van der Waals surface area (Å²) in [5.41, 5.74) is 10.0. The van der Waals surface area contributed by atoms with Crippen LogP contribution in [0.4, 0.5) is 0 Å². The molecule has 2 N–H and O–H groups in total. The molecule has 2 atom stereocenters. The molecule has 2 heteroatoms. The molecular formula is C19H20N2. The molecule has 2 nitrogen and oxygen atoms in total. The number of hydrogen-bond acceptors (Lipinski definition) is 2. The van der Waals surface area contributed by atoms with Gasteiger partial charge in [0, 0.05) is 23.5 Å². The first kappa shape index (κ1) is 13.8. The first-order chi connectivity index (χ1) is 10.3. The van der Waals surface area contributed by atoms with Gasteiger partial charge in [-0.3, -0.25) is 4.98 Å². The standard InChI is InChI=1S/C19H20N2/c1-2-17(14-7-4-3-5-8-14)19(20)16-11-10-15-9-6-12-21-18(15)13-16/h3-13,17,19H,2,20H2,1H3. The Labute approximate surface area is 125 Å². The second kappa shape index (κ2) is 6.06. The van der Waals surface area contributed by atoms with Crippen molar-refractivity contribution in [1.82, 2.24) is 4.98 Å². The Bertz CT molecular complexity index is 722. The SMILES string of the molecule is CCC(c1ccccc1)C(N)c1ccc2cccnc2c1. The minimum atomic E-state index is -0.0104. The highest BCUT2D eigenvalue weighted by molar-refractivity contribution is 5.79. The molecule has 1 heterocycles. The Morgan fingerprint density at radius 3 is 2.52 bits per heavy atom. The summed E-state index contributed by atoms with van der Waals surface area (Å²) in [5.74, 6) is 0.326. The highest BCUT2D eigenvalue weighted by Gasteiger charge is 2.19. The smallest absolute Gasteiger partial charge is 0.0705 e. The first-order valence-electron chi connectivity index (χ1n) is 7.45. The molecule has 3 rings (SSSR count). The molecule has 0 bridgehead atoms. The predicted octanol–water partition coefficient (Wildman–Crippen LogP) is 4.43. The van der Waals surface area contributed by atoms with Crippen LogP contribution in [0.3, 0.4) is 0 Å². The van der Waals surface area contributed by atoms with Gasteiger partial charge in [-0.1, -0.05) is 55.5 Å². The molecule has 0 amide bonds. The minimum absolute atomic E-state index is 0.0104. The number of nitrogens with two attached hydrogens (primary N) is 1. The van der Waals surface area contributed by atoms with Gasteiger partial charge in [-0.05, 0) is 29.7 Å². The number of nitrogens with zero attached hydrogens (tertiary/aromatic N) is 1. The van der Waals surface area contributed by atoms with Crippen molar-refractivity contribution in [2.45, 2.75) is 25.3 Å². The normalized spacial score (nSPS) is 14.0. The van der Waals surface area contributed by atoms with Gasteiger partial charge in [-0.15, -0.1) is 0 Å². The Kier molecular flexibility index (Phi) is 3.98. The van der Waals surface area contributed by atoms with Crippen LogP contribution in [0.2, 0.25) is 0 Å². The third-order valence-electron chi connectivity index (χ3n) is 4.12. The topological polar surface area (TPSA) is 38.9 Å². The lowest BCUT2D eigenvalue weighted by Gasteiger charge is -2.23. The minimum Gasteiger partial charge on any atom is -0.323 e. The zero-order chi connectivity index (χ0) is 14.7. The van der Waals surface area contributed by atoms with E-state index in [1.165, 1.54) is 5.56 Å². The predicted molar refractivity (Wildman–Crippen MR) is 88.1 cm³/mol. The molecule has 0 aliphatic carbocycles. The van der Waals surface area contributed by atoms with E-state index >= 15 is 0 Å². The maximum absolute atomic E-state index is 6.55. The van der Waals surface area contributed by atoms with Crippen molar-refractivity contribution < 1.29 is 0 Å². The molecule has 0 saturated carbocycles. The van der Waals surface area contributed by atoms with Crippen LogP contribution < -0.4 is 5.73 Å². The van der Waals surface area contributed by atoms with Gasteiger partial charge in [-0.2, -0.15) is 0 Å². The fraction of sp³-hybridized carbons (Fsp3) is 0.211. The molecule has 1 aromatic heterocycles. The molecule has 21 heavy (non-hydrogen) atoms. The van der Waals surface area contributed by atoms with Gasteiger partial charge in [-0.25, -0.2) is 0 Å². The zero-order valence-electron chi connectivity index (χ0n) is 12.2. The second-order valence-corrected chi connectivity index (χ2v) is 5.41. The molecule has 2 aromatic carbocycles. The maximum Gasteiger partial charge on any atom is 0.0705 e. The summed E-state index contributed by atoms with van der Waals surface area (Å²) in [6.07, 6.45) is 2.84. The lowest BCUT2D eigenvalue weighted by molar-refractivity contribution is 0.539. The number of fused-ring (bicyclic) bond motifs is 1. The summed E-state index contributed by atoms with van der Waals surface area (Å²) in [5, 5.41) is 1.15. The molecule has 0 saturated heterocycles. The van der Waals surface area contributed by atoms with Gasteiger partial charge < -0.3 is 5.73 Å². The van der Waals surface area contributed by atoms with Crippen molar-refractivity contribution in [2.24, 2.45) is 5.73 Å². The average Bonchev–Trinajstić information content (AvgIpc) is 2.56. The monoisotopic (exact) mass is 276 g/mol. The fourth-order valence-electron chi connectivity index (χ4n) is 2.92. The van der Waals surface area contributed by atoms with E-state index in [1.807, 2.05) is 18.3 Å². The number of aromatic nitrogens is 1. The molecule has 3 aromatic rings. The molecule has 0 spiro atoms. The quantitative estimate of drug-likeness (QED) is 0.765. The Morgan fingerprint density at radius 1 is 0.952 bits per heavy atom. The van der Waals surface area contributed by atoms with Gasteiger partial charge in [0.2, 0.25) is 0 Å². The molecule has 0 aliphatic rings. The highest BCUT2D eigenvalue weighted by Crippen LogP contribution is 2.32. The average molecular weight is 276 g/mol. The third kappa shape index (κ3) is 2.81. The van der Waals surface area contributed by atoms with Crippen LogP contribution in [0.5, 0.6) is 0 Å². The Hall–Kier alpha value is -2.19. The van der Waals surface area contributed by atoms with E-state index in [-0.39, 0.29) is 6.04 Å². The first-order valence-corrected chi connectivity index (χ1v) is 7.45. The molecular weight excluding hydrogens is 256 g/mol. The van der Waals surface area contributed by atoms with Crippen molar-refractivity contribution >= 4 is 10.9 Å². The number of rotatable bonds is 4. The number of benzene rings is 2. The van der Waals surface area contributed by atoms with E-state index in [1.54, 1.807) is 0 Å². The summed E-state index contributed by atoms with van der Waals surface area (Å²) < 4.78 is 0. The Balaban J connectivity index is 1.96. The molecule has 0 aliphatic heterocycles. The van der Waals surface area contributed by atoms with Crippen LogP contribution in [-0.2, 0) is 0 Å². The van der Waals surface area contributed by atoms with Crippen LogP contribution >= 0.6 is 0 Å². The van der Waals surface area contributed by atoms with Crippen LogP contribution in [-0.4, -0.2) is 4.98 Å². The van der Waals surface area contributed by atoms with Crippen LogP contribution in [0.15, 0.2) is 66.9 Å². The van der Waals surface area contributed by atoms with Gasteiger partial charge >= 0.3 is 0 Å². The molecule has 0 radical (unpaired) electrons. The molecule has 0 fully saturated rings. The summed E-state index contributed by atoms with van der Waals surface area (Å²) >= 11 is 0. The van der Waals surface area contributed by atoms with Gasteiger partial charge in [0.15, 0.2) is 0 Å². The molecule has 106 valence electrons. The van der Waals surface area contributed by atoms with Gasteiger partial charge in [0.05, 0.1) is 5.52 Å². The van der Waals surface area contributed by atoms with Crippen molar-refractivity contribution in [3.8, 4) is 0 Å². The summed E-state index contributed by atoms with van der Waals surface area (Å²) in [7, 11) is 0. The number of pyridine rings is 1. The lowest BCUT2D eigenvalue weighted by atomic mass is 9.85. The van der Waals surface area contributed by atoms with Crippen LogP contribution in [0, 0.1) is 0 Å². The van der Waals surface area contributed by atoms with Crippen molar-refractivity contribution in [1.29, 1.82) is 0 Å². The summed E-state index contributed by atoms with van der Waals surface area (Å²) in [6, 6.07) is 20.9. The van der Waals surface area contributed by atoms with Crippen LogP contribution in [0.25, 0.3) is 10.9 Å². The van der Waals surface area contributed by atoms with Gasteiger partial charge in [0.1, 0.15) is 0 Å². The second-order valence-electron chi connectivity index (χ2n) is 5.41. The summed E-state index contributed by atoms with van der Waals surface area (Å²) in [4.78, 5) is 4.43. The third-order valence-corrected chi connectivity index (χ3v) is 4.12. The van der Waals surface area contributed by atoms with Crippen LogP contribution in [0.1, 0.15) is 36.4 Å². The molecule has 2 unspecified atom stereocenters. The van der Waals surface area contributed by atoms with E-state index < -0.39 is 0 Å². The van der Waals surface area contributed by atoms with Crippen molar-refractivity contribution in [3.63, 3.8) is 0 Å². The van der Waals surface area contributed by atoms with E-state index in [0.29, 0.717) is 5.92 Å². The zero-order valence-corrected chi connectivity index (χ0v) is 12.2. The van der Waals surface area contributed by atoms with E-state index in [4.69, 9.17) is 5.73 Å². The Morgan fingerprint density at radius 2 is 1.76 bits per heavy atom. The van der Waals surface area contributed by atoms with E-state index in [9.17, 15) is 0 Å². The van der Waals surface area contributed by atoms with Crippen molar-refractivity contribution in [3.05, 3.63) is 78.0 Å². The fourth-order valence-corrected chi connectivity index (χ4v) is 2.92. The van der Waals surface area contributed by atoms with E-state index in [2.05, 4.69) is 60.4 Å². The van der Waals surface area contributed by atoms with E-state index in [0.717, 1.165) is 22.9 Å². The summed E-state index contributed by atoms with van der Waals surface area (Å²) in [6.45, 7) is 2.19. The maximum atomic E-state index is 6.55. The largest absolute Gasteiger partial charge is 0.323 e. The van der Waals surface area contributed by atoms with Crippen molar-refractivity contribution in [2.75, 3.05) is 0 Å². The number of hydrogen-bond donors (Lipinski definition) is 1. The highest BCUT2D eigenvalue weighted by atomic mass is 14.7.